The van der Waals surface area contributed by atoms with Gasteiger partial charge in [-0.1, -0.05) is 20.8 Å². The van der Waals surface area contributed by atoms with E-state index in [1.807, 2.05) is 20.8 Å². The van der Waals surface area contributed by atoms with Crippen LogP contribution in [0.2, 0.25) is 0 Å². The first-order valence-electron chi connectivity index (χ1n) is 6.63. The molecule has 1 fully saturated rings. The van der Waals surface area contributed by atoms with E-state index in [0.29, 0.717) is 24.8 Å². The Morgan fingerprint density at radius 1 is 1.39 bits per heavy atom. The van der Waals surface area contributed by atoms with Gasteiger partial charge in [-0.05, 0) is 24.8 Å². The fraction of sp³-hybridized carbons (Fsp3) is 0.846. The van der Waals surface area contributed by atoms with Gasteiger partial charge in [0.25, 0.3) is 0 Å². The number of hydrogen-bond donors (Lipinski definition) is 3. The van der Waals surface area contributed by atoms with E-state index in [4.69, 9.17) is 5.11 Å². The number of amides is 1. The molecular weight excluding hydrogens is 232 g/mol. The summed E-state index contributed by atoms with van der Waals surface area (Å²) in [6.07, 6.45) is 0.591. The number of nitrogens with one attached hydrogen (secondary N) is 2. The van der Waals surface area contributed by atoms with E-state index in [2.05, 4.69) is 10.6 Å². The highest BCUT2D eigenvalue weighted by atomic mass is 16.4. The lowest BCUT2D eigenvalue weighted by Crippen LogP contribution is -2.39. The van der Waals surface area contributed by atoms with Crippen LogP contribution < -0.4 is 10.6 Å². The van der Waals surface area contributed by atoms with Gasteiger partial charge in [-0.2, -0.15) is 0 Å². The van der Waals surface area contributed by atoms with Gasteiger partial charge in [0.2, 0.25) is 5.91 Å². The van der Waals surface area contributed by atoms with Crippen LogP contribution in [0.5, 0.6) is 0 Å². The van der Waals surface area contributed by atoms with Crippen molar-refractivity contribution in [1.82, 2.24) is 10.6 Å². The first-order chi connectivity index (χ1) is 8.41. The molecule has 18 heavy (non-hydrogen) atoms. The predicted octanol–water partition coefficient (Wildman–Crippen LogP) is 0.705. The van der Waals surface area contributed by atoms with Crippen LogP contribution >= 0.6 is 0 Å². The molecule has 1 saturated heterocycles. The molecule has 1 rings (SSSR count). The first-order valence-corrected chi connectivity index (χ1v) is 6.63. The van der Waals surface area contributed by atoms with Gasteiger partial charge in [0.1, 0.15) is 0 Å². The standard InChI is InChI=1S/C13H24N2O3/c1-8(2)4-10(13(17)18)6-15-12(16)11-7-14-5-9(11)3/h8-11,14H,4-7H2,1-3H3,(H,15,16)(H,17,18)/t9-,10?,11-/m1/s1. The van der Waals surface area contributed by atoms with Crippen LogP contribution in [0.3, 0.4) is 0 Å². The highest BCUT2D eigenvalue weighted by Gasteiger charge is 2.30. The second kappa shape index (κ2) is 6.73. The Morgan fingerprint density at radius 2 is 2.06 bits per heavy atom. The highest BCUT2D eigenvalue weighted by Crippen LogP contribution is 2.16. The minimum Gasteiger partial charge on any atom is -0.481 e. The average Bonchev–Trinajstić information content (AvgIpc) is 2.69. The van der Waals surface area contributed by atoms with Gasteiger partial charge in [0.05, 0.1) is 11.8 Å². The SMILES string of the molecule is CC(C)CC(CNC(=O)[C@@H]1CNC[C@H]1C)C(=O)O. The van der Waals surface area contributed by atoms with E-state index >= 15 is 0 Å². The van der Waals surface area contributed by atoms with Crippen molar-refractivity contribution in [3.05, 3.63) is 0 Å². The van der Waals surface area contributed by atoms with Gasteiger partial charge < -0.3 is 15.7 Å². The first kappa shape index (κ1) is 15.0. The lowest BCUT2D eigenvalue weighted by Gasteiger charge is -2.18. The Labute approximate surface area is 108 Å². The summed E-state index contributed by atoms with van der Waals surface area (Å²) < 4.78 is 0. The molecule has 0 saturated carbocycles. The summed E-state index contributed by atoms with van der Waals surface area (Å²) in [5.74, 6) is -0.741. The number of hydrogen-bond acceptors (Lipinski definition) is 3. The van der Waals surface area contributed by atoms with Gasteiger partial charge in [0.15, 0.2) is 0 Å². The third kappa shape index (κ3) is 4.29. The maximum Gasteiger partial charge on any atom is 0.308 e. The summed E-state index contributed by atoms with van der Waals surface area (Å²) in [6.45, 7) is 7.78. The molecule has 5 heteroatoms. The Hall–Kier alpha value is -1.10. The summed E-state index contributed by atoms with van der Waals surface area (Å²) in [5, 5.41) is 15.0. The zero-order chi connectivity index (χ0) is 13.7. The molecular formula is C13H24N2O3. The summed E-state index contributed by atoms with van der Waals surface area (Å²) in [6, 6.07) is 0. The van der Waals surface area contributed by atoms with Crippen LogP contribution in [0.15, 0.2) is 0 Å². The monoisotopic (exact) mass is 256 g/mol. The molecule has 5 nitrogen and oxygen atoms in total. The number of carboxylic acid groups (broad SMARTS) is 1. The molecule has 104 valence electrons. The Bertz CT molecular complexity index is 305. The Balaban J connectivity index is 2.41. The molecule has 0 radical (unpaired) electrons. The second-order valence-electron chi connectivity index (χ2n) is 5.65. The van der Waals surface area contributed by atoms with Crippen molar-refractivity contribution in [3.63, 3.8) is 0 Å². The Kier molecular flexibility index (Phi) is 5.59. The molecule has 3 N–H and O–H groups in total. The van der Waals surface area contributed by atoms with E-state index in [1.165, 1.54) is 0 Å². The van der Waals surface area contributed by atoms with E-state index in [0.717, 1.165) is 6.54 Å². The largest absolute Gasteiger partial charge is 0.481 e. The van der Waals surface area contributed by atoms with Crippen LogP contribution in [-0.4, -0.2) is 36.6 Å². The molecule has 1 heterocycles. The van der Waals surface area contributed by atoms with Crippen LogP contribution in [0.25, 0.3) is 0 Å². The highest BCUT2D eigenvalue weighted by molar-refractivity contribution is 5.80. The second-order valence-corrected chi connectivity index (χ2v) is 5.65. The number of rotatable bonds is 6. The van der Waals surface area contributed by atoms with Crippen molar-refractivity contribution in [2.45, 2.75) is 27.2 Å². The van der Waals surface area contributed by atoms with Crippen LogP contribution in [0.1, 0.15) is 27.2 Å². The zero-order valence-corrected chi connectivity index (χ0v) is 11.4. The topological polar surface area (TPSA) is 78.4 Å². The smallest absolute Gasteiger partial charge is 0.308 e. The summed E-state index contributed by atoms with van der Waals surface area (Å²) in [7, 11) is 0. The van der Waals surface area contributed by atoms with Gasteiger partial charge >= 0.3 is 5.97 Å². The minimum atomic E-state index is -0.832. The quantitative estimate of drug-likeness (QED) is 0.654. The summed E-state index contributed by atoms with van der Waals surface area (Å²) in [5.41, 5.74) is 0. The lowest BCUT2D eigenvalue weighted by molar-refractivity contribution is -0.142. The molecule has 1 amide bonds. The molecule has 0 aromatic carbocycles. The van der Waals surface area contributed by atoms with Gasteiger partial charge in [-0.3, -0.25) is 9.59 Å². The number of carbonyl (C=O) groups excluding carboxylic acids is 1. The van der Waals surface area contributed by atoms with Crippen molar-refractivity contribution in [1.29, 1.82) is 0 Å². The third-order valence-electron chi connectivity index (χ3n) is 3.48. The summed E-state index contributed by atoms with van der Waals surface area (Å²) in [4.78, 5) is 23.0. The van der Waals surface area contributed by atoms with Crippen LogP contribution in [0, 0.1) is 23.7 Å². The predicted molar refractivity (Wildman–Crippen MR) is 69.1 cm³/mol. The number of carboxylic acids is 1. The zero-order valence-electron chi connectivity index (χ0n) is 11.4. The van der Waals surface area contributed by atoms with Crippen molar-refractivity contribution >= 4 is 11.9 Å². The number of carbonyl (C=O) groups is 2. The van der Waals surface area contributed by atoms with Gasteiger partial charge in [0, 0.05) is 13.1 Å². The van der Waals surface area contributed by atoms with Crippen molar-refractivity contribution in [3.8, 4) is 0 Å². The third-order valence-corrected chi connectivity index (χ3v) is 3.48. The van der Waals surface area contributed by atoms with Crippen molar-refractivity contribution < 1.29 is 14.7 Å². The lowest BCUT2D eigenvalue weighted by atomic mass is 9.95. The molecule has 0 aliphatic carbocycles. The molecule has 3 atom stereocenters. The molecule has 0 aromatic heterocycles. The maximum atomic E-state index is 11.9. The van der Waals surface area contributed by atoms with Crippen LogP contribution in [-0.2, 0) is 9.59 Å². The molecule has 1 aliphatic heterocycles. The van der Waals surface area contributed by atoms with E-state index in [9.17, 15) is 9.59 Å². The molecule has 1 unspecified atom stereocenters. The normalized spacial score (nSPS) is 25.1. The van der Waals surface area contributed by atoms with Crippen molar-refractivity contribution in [2.24, 2.45) is 23.7 Å². The van der Waals surface area contributed by atoms with Gasteiger partial charge in [-0.15, -0.1) is 0 Å². The molecule has 0 bridgehead atoms. The van der Waals surface area contributed by atoms with Crippen LogP contribution in [0.4, 0.5) is 0 Å². The molecule has 0 aromatic rings. The minimum absolute atomic E-state index is 0.0255. The Morgan fingerprint density at radius 3 is 2.50 bits per heavy atom. The van der Waals surface area contributed by atoms with Crippen molar-refractivity contribution in [2.75, 3.05) is 19.6 Å². The van der Waals surface area contributed by atoms with Gasteiger partial charge in [-0.25, -0.2) is 0 Å². The van der Waals surface area contributed by atoms with E-state index in [1.54, 1.807) is 0 Å². The van der Waals surface area contributed by atoms with E-state index in [-0.39, 0.29) is 18.4 Å². The maximum absolute atomic E-state index is 11.9. The average molecular weight is 256 g/mol. The fourth-order valence-electron chi connectivity index (χ4n) is 2.36. The molecule has 0 spiro atoms. The number of aliphatic carboxylic acids is 1. The van der Waals surface area contributed by atoms with E-state index < -0.39 is 11.9 Å². The molecule has 1 aliphatic rings. The summed E-state index contributed by atoms with van der Waals surface area (Å²) >= 11 is 0. The fourth-order valence-corrected chi connectivity index (χ4v) is 2.36.